The minimum atomic E-state index is -0.279. The highest BCUT2D eigenvalue weighted by molar-refractivity contribution is 6.30. The van der Waals surface area contributed by atoms with Gasteiger partial charge >= 0.3 is 0 Å². The van der Waals surface area contributed by atoms with E-state index in [1.165, 1.54) is 6.07 Å². The Balaban J connectivity index is 2.55. The van der Waals surface area contributed by atoms with Crippen LogP contribution in [0.3, 0.4) is 0 Å². The minimum absolute atomic E-state index is 0.279. The molecule has 0 saturated heterocycles. The quantitative estimate of drug-likeness (QED) is 0.849. The molecule has 0 radical (unpaired) electrons. The Morgan fingerprint density at radius 1 is 1.16 bits per heavy atom. The Kier molecular flexibility index (Phi) is 4.00. The van der Waals surface area contributed by atoms with Gasteiger partial charge in [0, 0.05) is 6.54 Å². The molecule has 5 heteroatoms. The lowest BCUT2D eigenvalue weighted by Gasteiger charge is -2.24. The van der Waals surface area contributed by atoms with Gasteiger partial charge in [-0.3, -0.25) is 0 Å². The third-order valence-electron chi connectivity index (χ3n) is 3.16. The topological polar surface area (TPSA) is 29.0 Å². The molecule has 1 aromatic carbocycles. The summed E-state index contributed by atoms with van der Waals surface area (Å²) in [6, 6.07) is 6.62. The molecule has 0 saturated carbocycles. The molecule has 2 aromatic rings. The molecular formula is C14H15ClFN3. The molecule has 0 spiro atoms. The highest BCUT2D eigenvalue weighted by atomic mass is 35.5. The van der Waals surface area contributed by atoms with Gasteiger partial charge in [-0.05, 0) is 44.0 Å². The molecule has 1 heterocycles. The lowest BCUT2D eigenvalue weighted by atomic mass is 10.1. The average Bonchev–Trinajstić information content (AvgIpc) is 2.41. The summed E-state index contributed by atoms with van der Waals surface area (Å²) in [7, 11) is 0. The largest absolute Gasteiger partial charge is 0.322 e. The summed E-state index contributed by atoms with van der Waals surface area (Å²) in [5.41, 5.74) is 2.26. The van der Waals surface area contributed by atoms with Gasteiger partial charge in [-0.15, -0.1) is 10.2 Å². The fourth-order valence-corrected chi connectivity index (χ4v) is 2.10. The van der Waals surface area contributed by atoms with Gasteiger partial charge < -0.3 is 4.90 Å². The van der Waals surface area contributed by atoms with Crippen molar-refractivity contribution in [2.75, 3.05) is 11.4 Å². The molecule has 0 bridgehead atoms. The second-order valence-corrected chi connectivity index (χ2v) is 4.62. The van der Waals surface area contributed by atoms with Crippen molar-refractivity contribution in [2.24, 2.45) is 0 Å². The first-order chi connectivity index (χ1) is 9.06. The number of aromatic nitrogens is 2. The second kappa shape index (κ2) is 5.53. The van der Waals surface area contributed by atoms with E-state index in [1.54, 1.807) is 23.1 Å². The van der Waals surface area contributed by atoms with Crippen LogP contribution in [0.2, 0.25) is 5.15 Å². The zero-order valence-electron chi connectivity index (χ0n) is 11.1. The highest BCUT2D eigenvalue weighted by Crippen LogP contribution is 2.30. The van der Waals surface area contributed by atoms with Crippen LogP contribution in [0.25, 0.3) is 0 Å². The zero-order chi connectivity index (χ0) is 14.0. The molecule has 100 valence electrons. The van der Waals surface area contributed by atoms with Crippen molar-refractivity contribution in [1.29, 1.82) is 0 Å². The molecular weight excluding hydrogens is 265 g/mol. The summed E-state index contributed by atoms with van der Waals surface area (Å²) in [5, 5.41) is 8.40. The molecule has 0 N–H and O–H groups in total. The smallest absolute Gasteiger partial charge is 0.159 e. The van der Waals surface area contributed by atoms with Crippen LogP contribution in [0.4, 0.5) is 15.9 Å². The normalized spacial score (nSPS) is 10.6. The number of hydrogen-bond donors (Lipinski definition) is 0. The Bertz CT molecular complexity index is 601. The van der Waals surface area contributed by atoms with Gasteiger partial charge in [0.1, 0.15) is 5.82 Å². The number of rotatable bonds is 3. The third-order valence-corrected chi connectivity index (χ3v) is 3.51. The molecule has 0 amide bonds. The molecule has 0 unspecified atom stereocenters. The maximum absolute atomic E-state index is 13.9. The van der Waals surface area contributed by atoms with E-state index in [1.807, 2.05) is 20.8 Å². The Morgan fingerprint density at radius 2 is 1.84 bits per heavy atom. The fourth-order valence-electron chi connectivity index (χ4n) is 1.92. The van der Waals surface area contributed by atoms with Crippen LogP contribution in [-0.2, 0) is 0 Å². The van der Waals surface area contributed by atoms with Gasteiger partial charge in [0.15, 0.2) is 11.0 Å². The van der Waals surface area contributed by atoms with Crippen LogP contribution in [0.1, 0.15) is 18.1 Å². The van der Waals surface area contributed by atoms with Crippen LogP contribution in [0.15, 0.2) is 24.3 Å². The lowest BCUT2D eigenvalue weighted by molar-refractivity contribution is 0.625. The van der Waals surface area contributed by atoms with E-state index < -0.39 is 0 Å². The number of halogens is 2. The van der Waals surface area contributed by atoms with Crippen LogP contribution in [-0.4, -0.2) is 16.7 Å². The van der Waals surface area contributed by atoms with E-state index >= 15 is 0 Å². The minimum Gasteiger partial charge on any atom is -0.322 e. The summed E-state index contributed by atoms with van der Waals surface area (Å²) < 4.78 is 13.9. The van der Waals surface area contributed by atoms with Crippen molar-refractivity contribution in [3.05, 3.63) is 46.4 Å². The average molecular weight is 280 g/mol. The molecule has 0 atom stereocenters. The van der Waals surface area contributed by atoms with Crippen LogP contribution in [0.5, 0.6) is 0 Å². The number of para-hydroxylation sites is 1. The lowest BCUT2D eigenvalue weighted by Crippen LogP contribution is -2.20. The van der Waals surface area contributed by atoms with Crippen molar-refractivity contribution in [2.45, 2.75) is 20.8 Å². The van der Waals surface area contributed by atoms with Crippen molar-refractivity contribution >= 4 is 23.1 Å². The van der Waals surface area contributed by atoms with Crippen molar-refractivity contribution < 1.29 is 4.39 Å². The fraction of sp³-hybridized carbons (Fsp3) is 0.286. The molecule has 0 fully saturated rings. The zero-order valence-corrected chi connectivity index (χ0v) is 11.9. The Hall–Kier alpha value is -1.68. The molecule has 0 aliphatic heterocycles. The standard InChI is InChI=1S/C14H15ClFN3/c1-4-19(12-8-6-5-7-11(12)16)14-10(3)9(2)13(15)17-18-14/h5-8H,4H2,1-3H3. The molecule has 0 aliphatic rings. The van der Waals surface area contributed by atoms with Crippen LogP contribution < -0.4 is 4.90 Å². The first kappa shape index (κ1) is 13.7. The summed E-state index contributed by atoms with van der Waals surface area (Å²) in [6.45, 7) is 6.33. The number of nitrogens with zero attached hydrogens (tertiary/aromatic N) is 3. The number of hydrogen-bond acceptors (Lipinski definition) is 3. The third kappa shape index (κ3) is 2.54. The van der Waals surface area contributed by atoms with Gasteiger partial charge in [0.25, 0.3) is 0 Å². The summed E-state index contributed by atoms with van der Waals surface area (Å²) >= 11 is 5.94. The van der Waals surface area contributed by atoms with Crippen molar-refractivity contribution in [3.63, 3.8) is 0 Å². The number of benzene rings is 1. The van der Waals surface area contributed by atoms with Crippen molar-refractivity contribution in [3.8, 4) is 0 Å². The van der Waals surface area contributed by atoms with Gasteiger partial charge in [0.05, 0.1) is 5.69 Å². The van der Waals surface area contributed by atoms with E-state index in [2.05, 4.69) is 10.2 Å². The maximum Gasteiger partial charge on any atom is 0.159 e. The summed E-state index contributed by atoms with van der Waals surface area (Å²) in [4.78, 5) is 1.79. The van der Waals surface area contributed by atoms with E-state index in [0.29, 0.717) is 23.2 Å². The Labute approximate surface area is 117 Å². The molecule has 19 heavy (non-hydrogen) atoms. The van der Waals surface area contributed by atoms with E-state index in [4.69, 9.17) is 11.6 Å². The molecule has 1 aromatic heterocycles. The maximum atomic E-state index is 13.9. The summed E-state index contributed by atoms with van der Waals surface area (Å²) in [6.07, 6.45) is 0. The predicted octanol–water partition coefficient (Wildman–Crippen LogP) is 4.04. The van der Waals surface area contributed by atoms with E-state index in [0.717, 1.165) is 11.1 Å². The number of anilines is 2. The second-order valence-electron chi connectivity index (χ2n) is 4.26. The molecule has 3 nitrogen and oxygen atoms in total. The predicted molar refractivity (Wildman–Crippen MR) is 75.6 cm³/mol. The van der Waals surface area contributed by atoms with Crippen LogP contribution in [0, 0.1) is 19.7 Å². The summed E-state index contributed by atoms with van der Waals surface area (Å²) in [5.74, 6) is 0.354. The SMILES string of the molecule is CCN(c1ccccc1F)c1nnc(Cl)c(C)c1C. The van der Waals surface area contributed by atoms with Crippen molar-refractivity contribution in [1.82, 2.24) is 10.2 Å². The van der Waals surface area contributed by atoms with Gasteiger partial charge in [-0.1, -0.05) is 23.7 Å². The highest BCUT2D eigenvalue weighted by Gasteiger charge is 2.17. The monoisotopic (exact) mass is 279 g/mol. The molecule has 2 rings (SSSR count). The van der Waals surface area contributed by atoms with Gasteiger partial charge in [0.2, 0.25) is 0 Å². The first-order valence-electron chi connectivity index (χ1n) is 6.07. The molecule has 0 aliphatic carbocycles. The first-order valence-corrected chi connectivity index (χ1v) is 6.45. The van der Waals surface area contributed by atoms with E-state index in [-0.39, 0.29) is 5.82 Å². The Morgan fingerprint density at radius 3 is 2.47 bits per heavy atom. The van der Waals surface area contributed by atoms with E-state index in [9.17, 15) is 4.39 Å². The van der Waals surface area contributed by atoms with Gasteiger partial charge in [-0.2, -0.15) is 0 Å². The van der Waals surface area contributed by atoms with Gasteiger partial charge in [-0.25, -0.2) is 4.39 Å². The van der Waals surface area contributed by atoms with Crippen LogP contribution >= 0.6 is 11.6 Å².